The number of hydrogen-bond donors (Lipinski definition) is 2. The number of ketones is 1. The van der Waals surface area contributed by atoms with Gasteiger partial charge in [0.15, 0.2) is 0 Å². The highest BCUT2D eigenvalue weighted by molar-refractivity contribution is 7.18. The number of carboxylic acid groups (broad SMARTS) is 1. The number of imidazole rings is 1. The summed E-state index contributed by atoms with van der Waals surface area (Å²) >= 11 is 1.33. The largest absolute Gasteiger partial charge is 0.477 e. The van der Waals surface area contributed by atoms with Gasteiger partial charge in [0, 0.05) is 17.1 Å². The Balaban J connectivity index is 1.63. The van der Waals surface area contributed by atoms with Crippen molar-refractivity contribution in [2.24, 2.45) is 18.9 Å². The van der Waals surface area contributed by atoms with Crippen molar-refractivity contribution in [1.82, 2.24) is 9.47 Å². The molecule has 2 aromatic heterocycles. The van der Waals surface area contributed by atoms with E-state index in [1.54, 1.807) is 37.0 Å². The molecule has 2 aliphatic heterocycles. The van der Waals surface area contributed by atoms with E-state index >= 15 is 0 Å². The number of aryl methyl sites for hydroxylation is 1. The number of aliphatic hydroxyl groups is 1. The first kappa shape index (κ1) is 20.6. The molecule has 9 heteroatoms. The molecule has 8 nitrogen and oxygen atoms in total. The number of nitrogens with zero attached hydrogens (tertiary/aromatic N) is 3. The van der Waals surface area contributed by atoms with Crippen molar-refractivity contribution < 1.29 is 29.0 Å². The zero-order valence-corrected chi connectivity index (χ0v) is 18.5. The van der Waals surface area contributed by atoms with E-state index in [4.69, 9.17) is 0 Å². The van der Waals surface area contributed by atoms with Crippen molar-refractivity contribution in [3.05, 3.63) is 64.7 Å². The van der Waals surface area contributed by atoms with Crippen molar-refractivity contribution in [3.63, 3.8) is 0 Å². The fourth-order valence-electron chi connectivity index (χ4n) is 5.02. The molecule has 5 rings (SSSR count). The fourth-order valence-corrected chi connectivity index (χ4v) is 6.33. The molecule has 0 bridgehead atoms. The summed E-state index contributed by atoms with van der Waals surface area (Å²) in [6.07, 6.45) is 2.74. The lowest BCUT2D eigenvalue weighted by molar-refractivity contribution is -0.508. The number of β-lactam (4-membered cyclic amide) rings is 1. The van der Waals surface area contributed by atoms with Crippen LogP contribution in [0.5, 0.6) is 0 Å². The van der Waals surface area contributed by atoms with E-state index in [-0.39, 0.29) is 29.3 Å². The highest BCUT2D eigenvalue weighted by Crippen LogP contribution is 2.51. The summed E-state index contributed by atoms with van der Waals surface area (Å²) in [5.41, 5.74) is 1.61. The van der Waals surface area contributed by atoms with Gasteiger partial charge in [-0.2, -0.15) is 4.40 Å². The minimum atomic E-state index is -1.17. The number of aliphatic hydroxyl groups excluding tert-OH is 1. The standard InChI is InChI=1S/C23H21N3O5S/c1-11-15(18(23(30)31)26-17(11)16(12(2)27)21(26)29)14-9-25-10-24(3)19(22(25)32-14)20(28)13-7-5-4-6-8-13/h4-12,16-17,27H,1-3H3/p+1/t11-,12+,16+,17+/m0/s1. The second kappa shape index (κ2) is 7.11. The molecule has 0 spiro atoms. The normalized spacial score (nSPS) is 23.4. The lowest BCUT2D eigenvalue weighted by atomic mass is 9.77. The summed E-state index contributed by atoms with van der Waals surface area (Å²) in [4.78, 5) is 40.6. The van der Waals surface area contributed by atoms with Crippen LogP contribution in [0.25, 0.3) is 10.4 Å². The van der Waals surface area contributed by atoms with Gasteiger partial charge in [0.25, 0.3) is 0 Å². The first-order chi connectivity index (χ1) is 15.2. The molecular formula is C23H22N3O5S+. The number of benzene rings is 1. The molecule has 3 aromatic rings. The minimum Gasteiger partial charge on any atom is -0.477 e. The average molecular weight is 453 g/mol. The Morgan fingerprint density at radius 3 is 2.53 bits per heavy atom. The maximum Gasteiger partial charge on any atom is 0.352 e. The molecular weight excluding hydrogens is 430 g/mol. The SMILES string of the molecule is C[C@@H](O)[C@H]1C(=O)N2C(C(=O)O)=C(c3c[n+]4cn(C)c(C(=O)c5ccccc5)c4s3)[C@H](C)[C@H]12. The third-order valence-electron chi connectivity index (χ3n) is 6.44. The molecule has 164 valence electrons. The molecule has 1 aromatic carbocycles. The number of carbonyl (C=O) groups excluding carboxylic acids is 2. The van der Waals surface area contributed by atoms with Crippen LogP contribution < -0.4 is 4.40 Å². The van der Waals surface area contributed by atoms with Gasteiger partial charge in [0.05, 0.1) is 30.0 Å². The summed E-state index contributed by atoms with van der Waals surface area (Å²) in [5.74, 6) is -2.53. The van der Waals surface area contributed by atoms with E-state index in [2.05, 4.69) is 0 Å². The van der Waals surface area contributed by atoms with E-state index in [1.807, 2.05) is 35.7 Å². The smallest absolute Gasteiger partial charge is 0.352 e. The summed E-state index contributed by atoms with van der Waals surface area (Å²) in [5, 5.41) is 20.0. The number of hydrogen-bond acceptors (Lipinski definition) is 5. The molecule has 4 heterocycles. The van der Waals surface area contributed by atoms with E-state index in [0.717, 1.165) is 0 Å². The lowest BCUT2D eigenvalue weighted by Gasteiger charge is -2.46. The van der Waals surface area contributed by atoms with Crippen molar-refractivity contribution >= 4 is 39.4 Å². The molecule has 1 amide bonds. The number of thiazole rings is 1. The zero-order valence-electron chi connectivity index (χ0n) is 17.7. The van der Waals surface area contributed by atoms with E-state index in [9.17, 15) is 24.6 Å². The Morgan fingerprint density at radius 1 is 1.22 bits per heavy atom. The van der Waals surface area contributed by atoms with Gasteiger partial charge in [-0.15, -0.1) is 0 Å². The monoisotopic (exact) mass is 452 g/mol. The van der Waals surface area contributed by atoms with Crippen LogP contribution in [0.1, 0.15) is 34.8 Å². The predicted molar refractivity (Wildman–Crippen MR) is 116 cm³/mol. The maximum atomic E-state index is 13.2. The summed E-state index contributed by atoms with van der Waals surface area (Å²) in [7, 11) is 1.80. The van der Waals surface area contributed by atoms with Gasteiger partial charge >= 0.3 is 5.97 Å². The first-order valence-electron chi connectivity index (χ1n) is 10.3. The van der Waals surface area contributed by atoms with Crippen LogP contribution in [0.3, 0.4) is 0 Å². The first-order valence-corrected chi connectivity index (χ1v) is 11.1. The molecule has 1 fully saturated rings. The topological polar surface area (TPSA) is 104 Å². The summed E-state index contributed by atoms with van der Waals surface area (Å²) in [6, 6.07) is 8.61. The highest BCUT2D eigenvalue weighted by Gasteiger charge is 2.60. The quantitative estimate of drug-likeness (QED) is 0.349. The third-order valence-corrected chi connectivity index (χ3v) is 7.58. The van der Waals surface area contributed by atoms with Gasteiger partial charge in [-0.25, -0.2) is 9.36 Å². The number of rotatable bonds is 5. The lowest BCUT2D eigenvalue weighted by Crippen LogP contribution is -2.63. The van der Waals surface area contributed by atoms with Gasteiger partial charge in [0.2, 0.25) is 28.5 Å². The molecule has 2 N–H and O–H groups in total. The summed E-state index contributed by atoms with van der Waals surface area (Å²) in [6.45, 7) is 3.44. The predicted octanol–water partition coefficient (Wildman–Crippen LogP) is 1.71. The van der Waals surface area contributed by atoms with Crippen molar-refractivity contribution in [3.8, 4) is 0 Å². The van der Waals surface area contributed by atoms with Crippen molar-refractivity contribution in [2.45, 2.75) is 26.0 Å². The molecule has 1 saturated heterocycles. The number of carbonyl (C=O) groups is 3. The van der Waals surface area contributed by atoms with Crippen LogP contribution >= 0.6 is 11.3 Å². The van der Waals surface area contributed by atoms with Crippen LogP contribution in [-0.4, -0.2) is 49.5 Å². The number of aliphatic carboxylic acids is 1. The summed E-state index contributed by atoms with van der Waals surface area (Å²) < 4.78 is 3.58. The van der Waals surface area contributed by atoms with Crippen LogP contribution in [0.2, 0.25) is 0 Å². The van der Waals surface area contributed by atoms with Crippen LogP contribution in [0.15, 0.2) is 48.6 Å². The number of carboxylic acids is 1. The third kappa shape index (κ3) is 2.71. The second-order valence-corrected chi connectivity index (χ2v) is 9.43. The van der Waals surface area contributed by atoms with Crippen molar-refractivity contribution in [1.29, 1.82) is 0 Å². The fraction of sp³-hybridized carbons (Fsp3) is 0.304. The molecule has 4 atom stereocenters. The average Bonchev–Trinajstić information content (AvgIpc) is 3.34. The Morgan fingerprint density at radius 2 is 1.91 bits per heavy atom. The molecule has 0 radical (unpaired) electrons. The Kier molecular flexibility index (Phi) is 4.58. The van der Waals surface area contributed by atoms with Gasteiger partial charge < -0.3 is 15.1 Å². The molecule has 32 heavy (non-hydrogen) atoms. The van der Waals surface area contributed by atoms with Crippen LogP contribution in [-0.2, 0) is 16.6 Å². The van der Waals surface area contributed by atoms with Gasteiger partial charge in [-0.3, -0.25) is 9.59 Å². The number of fused-ring (bicyclic) bond motifs is 2. The molecule has 0 saturated carbocycles. The van der Waals surface area contributed by atoms with Crippen LogP contribution in [0, 0.1) is 11.8 Å². The molecule has 0 unspecified atom stereocenters. The Labute approximate surface area is 187 Å². The van der Waals surface area contributed by atoms with E-state index < -0.39 is 18.0 Å². The van der Waals surface area contributed by atoms with Gasteiger partial charge in [-0.05, 0) is 6.92 Å². The van der Waals surface area contributed by atoms with E-state index in [0.29, 0.717) is 26.5 Å². The number of amides is 1. The maximum absolute atomic E-state index is 13.2. The Bertz CT molecular complexity index is 1320. The van der Waals surface area contributed by atoms with Crippen LogP contribution in [0.4, 0.5) is 0 Å². The zero-order chi connectivity index (χ0) is 22.9. The second-order valence-electron chi connectivity index (χ2n) is 8.40. The Hall–Kier alpha value is -3.30. The number of aromatic nitrogens is 2. The molecule has 0 aliphatic carbocycles. The van der Waals surface area contributed by atoms with Gasteiger partial charge in [-0.1, -0.05) is 48.6 Å². The minimum absolute atomic E-state index is 0.0331. The van der Waals surface area contributed by atoms with Crippen molar-refractivity contribution in [2.75, 3.05) is 0 Å². The highest BCUT2D eigenvalue weighted by atomic mass is 32.1. The molecule has 2 aliphatic rings. The van der Waals surface area contributed by atoms with Gasteiger partial charge in [0.1, 0.15) is 11.9 Å². The van der Waals surface area contributed by atoms with E-state index in [1.165, 1.54) is 16.2 Å².